The number of fused-ring (bicyclic) bond motifs is 2. The monoisotopic (exact) mass is 1150 g/mol. The van der Waals surface area contributed by atoms with Gasteiger partial charge < -0.3 is 28.9 Å². The first-order chi connectivity index (χ1) is 40.6. The molecule has 0 radical (unpaired) electrons. The first-order valence-electron chi connectivity index (χ1n) is 28.4. The number of piperidine rings is 3. The summed E-state index contributed by atoms with van der Waals surface area (Å²) in [5.74, 6) is 0.0320. The molecule has 1 aromatic heterocycles. The largest absolute Gasteiger partial charge is 0.490 e. The van der Waals surface area contributed by atoms with Gasteiger partial charge in [0.05, 0.1) is 13.1 Å². The predicted molar refractivity (Wildman–Crippen MR) is 300 cm³/mol. The maximum Gasteiger partial charge on any atom is 0.433 e. The van der Waals surface area contributed by atoms with E-state index >= 15 is 0 Å². The summed E-state index contributed by atoms with van der Waals surface area (Å²) in [5, 5.41) is 4.71. The van der Waals surface area contributed by atoms with Gasteiger partial charge in [-0.25, -0.2) is 9.97 Å². The van der Waals surface area contributed by atoms with E-state index in [1.165, 1.54) is 22.3 Å². The second-order valence-electron chi connectivity index (χ2n) is 22.3. The molecular formula is C63H62F3N9O9. The molecule has 4 saturated heterocycles. The third-order valence-corrected chi connectivity index (χ3v) is 16.7. The van der Waals surface area contributed by atoms with Gasteiger partial charge in [-0.2, -0.15) is 13.2 Å². The van der Waals surface area contributed by atoms with Crippen LogP contribution in [0, 0.1) is 6.92 Å². The lowest BCUT2D eigenvalue weighted by Crippen LogP contribution is -2.52. The Morgan fingerprint density at radius 1 is 0.571 bits per heavy atom. The van der Waals surface area contributed by atoms with E-state index in [9.17, 15) is 41.9 Å². The number of halogens is 3. The number of piperazine rings is 1. The van der Waals surface area contributed by atoms with Crippen LogP contribution in [0.4, 0.5) is 19.0 Å². The number of aryl methyl sites for hydroxylation is 1. The Hall–Kier alpha value is -8.69. The minimum Gasteiger partial charge on any atom is -0.490 e. The van der Waals surface area contributed by atoms with Gasteiger partial charge in [0.2, 0.25) is 23.6 Å². The Balaban J connectivity index is 0.687. The fraction of sp³-hybridized carbons (Fsp3) is 0.365. The highest BCUT2D eigenvalue weighted by Crippen LogP contribution is 2.38. The molecule has 12 rings (SSSR count). The number of anilines is 1. The zero-order valence-electron chi connectivity index (χ0n) is 46.3. The van der Waals surface area contributed by atoms with E-state index in [0.29, 0.717) is 73.9 Å². The minimum absolute atomic E-state index is 0.00589. The lowest BCUT2D eigenvalue weighted by atomic mass is 9.96. The molecule has 0 bridgehead atoms. The summed E-state index contributed by atoms with van der Waals surface area (Å²) in [6.07, 6.45) is -2.05. The fourth-order valence-electron chi connectivity index (χ4n) is 12.2. The molecule has 5 aromatic carbocycles. The molecular weight excluding hydrogens is 1080 g/mol. The molecule has 7 heterocycles. The Morgan fingerprint density at radius 2 is 1.13 bits per heavy atom. The first kappa shape index (κ1) is 55.8. The molecule has 21 heteroatoms. The smallest absolute Gasteiger partial charge is 0.433 e. The molecule has 6 aliphatic heterocycles. The van der Waals surface area contributed by atoms with Crippen molar-refractivity contribution in [2.45, 2.75) is 109 Å². The molecule has 4 fully saturated rings. The Bertz CT molecular complexity index is 3560. The minimum atomic E-state index is -4.58. The standard InChI is InChI=1S/C63H62F3N9O9/c1-38-67-55(63(64,65)66)31-56(68-38)73-27-25-72(26-28-73)33-43-16-15-41(37-83-54-10-4-8-47-50(54)35-75(62(47)81)52-18-20-58(77)70-60(52)79)29-48(43)42-5-2-6-45(30-42)84-44-21-23-71(24-22-44)32-39-11-13-40(14-12-39)36-82-53-9-3-7-46-49(53)34-74(61(46)80)51-17-19-57(76)69-59(51)78/h2-16,29-31,44,51-52H,17-28,32-37H2,1H3,(H,69,76,78)(H,70,77,79). The summed E-state index contributed by atoms with van der Waals surface area (Å²) in [4.78, 5) is 93.5. The van der Waals surface area contributed by atoms with Crippen molar-refractivity contribution in [2.24, 2.45) is 0 Å². The van der Waals surface area contributed by atoms with Crippen LogP contribution in [-0.4, -0.2) is 122 Å². The molecule has 18 nitrogen and oxygen atoms in total. The van der Waals surface area contributed by atoms with E-state index in [1.807, 2.05) is 35.2 Å². The molecule has 2 atom stereocenters. The fourth-order valence-corrected chi connectivity index (χ4v) is 12.2. The van der Waals surface area contributed by atoms with Gasteiger partial charge in [-0.15, -0.1) is 0 Å². The van der Waals surface area contributed by atoms with Crippen LogP contribution in [-0.2, 0) is 64.7 Å². The Labute approximate surface area is 482 Å². The third-order valence-electron chi connectivity index (χ3n) is 16.7. The van der Waals surface area contributed by atoms with Crippen LogP contribution in [0.1, 0.15) is 104 Å². The molecule has 6 amide bonds. The molecule has 434 valence electrons. The maximum absolute atomic E-state index is 13.7. The number of ether oxygens (including phenoxy) is 3. The normalized spacial score (nSPS) is 19.8. The van der Waals surface area contributed by atoms with E-state index in [-0.39, 0.29) is 80.3 Å². The van der Waals surface area contributed by atoms with Crippen molar-refractivity contribution in [1.29, 1.82) is 0 Å². The summed E-state index contributed by atoms with van der Waals surface area (Å²) < 4.78 is 60.6. The molecule has 6 aliphatic rings. The molecule has 0 saturated carbocycles. The summed E-state index contributed by atoms with van der Waals surface area (Å²) in [5.41, 5.74) is 7.38. The SMILES string of the molecule is Cc1nc(N2CCN(Cc3ccc(COc4cccc5c4CN(C4CCC(=O)NC4=O)C5=O)cc3-c3cccc(OC4CCN(Cc5ccc(COc6cccc7c6CN(C6CCC(=O)NC6=O)C7=O)cc5)CC4)c3)CC2)cc(C(F)(F)F)n1. The third kappa shape index (κ3) is 12.1. The number of nitrogens with one attached hydrogen (secondary N) is 2. The number of imide groups is 2. The molecule has 0 spiro atoms. The van der Waals surface area contributed by atoms with E-state index in [4.69, 9.17) is 14.2 Å². The molecule has 2 unspecified atom stereocenters. The van der Waals surface area contributed by atoms with Crippen LogP contribution < -0.4 is 29.7 Å². The lowest BCUT2D eigenvalue weighted by Gasteiger charge is -2.36. The Kier molecular flexibility index (Phi) is 15.6. The first-order valence-corrected chi connectivity index (χ1v) is 28.4. The number of aromatic nitrogens is 2. The van der Waals surface area contributed by atoms with E-state index in [0.717, 1.165) is 77.7 Å². The van der Waals surface area contributed by atoms with Gasteiger partial charge in [-0.3, -0.25) is 49.2 Å². The lowest BCUT2D eigenvalue weighted by molar-refractivity contribution is -0.141. The van der Waals surface area contributed by atoms with Gasteiger partial charge in [0.1, 0.15) is 66.0 Å². The number of carbonyl (C=O) groups is 6. The number of amides is 6. The zero-order chi connectivity index (χ0) is 58.2. The number of hydrogen-bond donors (Lipinski definition) is 2. The molecule has 2 N–H and O–H groups in total. The predicted octanol–water partition coefficient (Wildman–Crippen LogP) is 7.52. The van der Waals surface area contributed by atoms with Crippen LogP contribution in [0.3, 0.4) is 0 Å². The van der Waals surface area contributed by atoms with Crippen molar-refractivity contribution >= 4 is 41.3 Å². The van der Waals surface area contributed by atoms with Gasteiger partial charge in [0.25, 0.3) is 11.8 Å². The average Bonchev–Trinajstić information content (AvgIpc) is 4.00. The highest BCUT2D eigenvalue weighted by atomic mass is 19.4. The number of hydrogen-bond acceptors (Lipinski definition) is 14. The van der Waals surface area contributed by atoms with E-state index in [2.05, 4.69) is 78.9 Å². The van der Waals surface area contributed by atoms with Crippen molar-refractivity contribution in [1.82, 2.24) is 40.2 Å². The van der Waals surface area contributed by atoms with Gasteiger partial charge in [0.15, 0.2) is 0 Å². The zero-order valence-corrected chi connectivity index (χ0v) is 46.3. The quantitative estimate of drug-likeness (QED) is 0.0904. The van der Waals surface area contributed by atoms with Crippen LogP contribution in [0.5, 0.6) is 17.2 Å². The number of rotatable bonds is 16. The summed E-state index contributed by atoms with van der Waals surface area (Å²) >= 11 is 0. The topological polar surface area (TPSA) is 196 Å². The molecule has 6 aromatic rings. The van der Waals surface area contributed by atoms with Crippen molar-refractivity contribution < 1.29 is 56.1 Å². The van der Waals surface area contributed by atoms with Gasteiger partial charge in [-0.1, -0.05) is 60.7 Å². The highest BCUT2D eigenvalue weighted by molar-refractivity contribution is 6.06. The maximum atomic E-state index is 13.7. The van der Waals surface area contributed by atoms with E-state index in [1.54, 1.807) is 24.3 Å². The van der Waals surface area contributed by atoms with Crippen molar-refractivity contribution in [2.75, 3.05) is 44.2 Å². The van der Waals surface area contributed by atoms with Gasteiger partial charge in [-0.05, 0) is 108 Å². The number of alkyl halides is 3. The van der Waals surface area contributed by atoms with Crippen LogP contribution in [0.25, 0.3) is 11.1 Å². The van der Waals surface area contributed by atoms with Crippen LogP contribution >= 0.6 is 0 Å². The average molecular weight is 1150 g/mol. The number of nitrogens with zero attached hydrogens (tertiary/aromatic N) is 7. The van der Waals surface area contributed by atoms with Crippen molar-refractivity contribution in [3.8, 4) is 28.4 Å². The van der Waals surface area contributed by atoms with Crippen molar-refractivity contribution in [3.05, 3.63) is 165 Å². The number of benzene rings is 5. The summed E-state index contributed by atoms with van der Waals surface area (Å²) in [6.45, 7) is 7.51. The Morgan fingerprint density at radius 3 is 1.73 bits per heavy atom. The molecule has 84 heavy (non-hydrogen) atoms. The van der Waals surface area contributed by atoms with Crippen LogP contribution in [0.15, 0.2) is 109 Å². The van der Waals surface area contributed by atoms with E-state index < -0.39 is 35.8 Å². The number of carbonyl (C=O) groups excluding carboxylic acids is 6. The second-order valence-corrected chi connectivity index (χ2v) is 22.3. The van der Waals surface area contributed by atoms with Crippen LogP contribution in [0.2, 0.25) is 0 Å². The molecule has 0 aliphatic carbocycles. The van der Waals surface area contributed by atoms with Gasteiger partial charge >= 0.3 is 6.18 Å². The summed E-state index contributed by atoms with van der Waals surface area (Å²) in [7, 11) is 0. The summed E-state index contributed by atoms with van der Waals surface area (Å²) in [6, 6.07) is 32.8. The highest BCUT2D eigenvalue weighted by Gasteiger charge is 2.42. The second kappa shape index (κ2) is 23.5. The van der Waals surface area contributed by atoms with Gasteiger partial charge in [0, 0.05) is 93.5 Å². The number of likely N-dealkylation sites (tertiary alicyclic amines) is 1. The van der Waals surface area contributed by atoms with Crippen molar-refractivity contribution in [3.63, 3.8) is 0 Å².